The lowest BCUT2D eigenvalue weighted by atomic mass is 9.91. The zero-order valence-electron chi connectivity index (χ0n) is 17.7. The van der Waals surface area contributed by atoms with Crippen LogP contribution in [0.5, 0.6) is 0 Å². The van der Waals surface area contributed by atoms with Crippen LogP contribution in [0.15, 0.2) is 35.9 Å². The summed E-state index contributed by atoms with van der Waals surface area (Å²) < 4.78 is 5.06. The van der Waals surface area contributed by atoms with E-state index in [1.807, 2.05) is 19.9 Å². The van der Waals surface area contributed by atoms with Crippen molar-refractivity contribution in [3.05, 3.63) is 41.4 Å². The van der Waals surface area contributed by atoms with Crippen molar-refractivity contribution in [2.45, 2.75) is 52.1 Å². The molecule has 8 heteroatoms. The molecule has 30 heavy (non-hydrogen) atoms. The van der Waals surface area contributed by atoms with E-state index in [1.165, 1.54) is 0 Å². The van der Waals surface area contributed by atoms with Crippen LogP contribution in [0.25, 0.3) is 0 Å². The van der Waals surface area contributed by atoms with Crippen molar-refractivity contribution >= 4 is 17.8 Å². The van der Waals surface area contributed by atoms with E-state index in [9.17, 15) is 19.5 Å². The van der Waals surface area contributed by atoms with Crippen molar-refractivity contribution in [1.82, 2.24) is 14.8 Å². The molecular weight excluding hydrogens is 386 g/mol. The van der Waals surface area contributed by atoms with Crippen molar-refractivity contribution in [3.63, 3.8) is 0 Å². The second kappa shape index (κ2) is 9.28. The molecule has 8 nitrogen and oxygen atoms in total. The predicted molar refractivity (Wildman–Crippen MR) is 110 cm³/mol. The van der Waals surface area contributed by atoms with Gasteiger partial charge in [-0.2, -0.15) is 0 Å². The number of carbonyl (C=O) groups is 3. The molecule has 162 valence electrons. The molecule has 1 saturated heterocycles. The molecule has 0 aliphatic carbocycles. The Morgan fingerprint density at radius 1 is 1.30 bits per heavy atom. The Hall–Kier alpha value is -2.90. The summed E-state index contributed by atoms with van der Waals surface area (Å²) >= 11 is 0. The van der Waals surface area contributed by atoms with Gasteiger partial charge in [-0.25, -0.2) is 4.79 Å². The lowest BCUT2D eigenvalue weighted by molar-refractivity contribution is -0.132. The number of ketones is 1. The summed E-state index contributed by atoms with van der Waals surface area (Å²) in [6, 6.07) is 2.69. The summed E-state index contributed by atoms with van der Waals surface area (Å²) in [6.07, 6.45) is 4.22. The van der Waals surface area contributed by atoms with Gasteiger partial charge in [0.2, 0.25) is 0 Å². The van der Waals surface area contributed by atoms with E-state index in [0.29, 0.717) is 38.1 Å². The van der Waals surface area contributed by atoms with Crippen molar-refractivity contribution in [2.75, 3.05) is 19.7 Å². The third-order valence-electron chi connectivity index (χ3n) is 5.52. The number of amides is 2. The van der Waals surface area contributed by atoms with Gasteiger partial charge in [0.1, 0.15) is 0 Å². The molecule has 1 aromatic heterocycles. The molecule has 1 fully saturated rings. The predicted octanol–water partition coefficient (Wildman–Crippen LogP) is 3.01. The van der Waals surface area contributed by atoms with Crippen LogP contribution in [0.1, 0.15) is 51.6 Å². The molecule has 0 spiro atoms. The Balaban J connectivity index is 1.88. The van der Waals surface area contributed by atoms with Crippen LogP contribution >= 0.6 is 0 Å². The van der Waals surface area contributed by atoms with Crippen molar-refractivity contribution in [1.29, 1.82) is 0 Å². The number of piperidine rings is 1. The van der Waals surface area contributed by atoms with Gasteiger partial charge in [0, 0.05) is 37.9 Å². The van der Waals surface area contributed by atoms with E-state index in [4.69, 9.17) is 4.74 Å². The summed E-state index contributed by atoms with van der Waals surface area (Å²) in [5.74, 6) is -1.13. The zero-order chi connectivity index (χ0) is 21.8. The minimum atomic E-state index is -0.670. The molecule has 0 aromatic carbocycles. The average molecular weight is 415 g/mol. The van der Waals surface area contributed by atoms with Crippen LogP contribution in [0, 0.1) is 5.92 Å². The molecule has 2 aliphatic rings. The number of likely N-dealkylation sites (tertiary alicyclic amines) is 1. The number of aliphatic hydroxyl groups is 1. The highest BCUT2D eigenvalue weighted by Crippen LogP contribution is 2.41. The number of aromatic nitrogens is 1. The number of aliphatic hydroxyl groups excluding tert-OH is 1. The standard InChI is InChI=1S/C22H29N3O5/c1-4-30-22(29)24-10-7-16(8-11-24)25-19(15-6-5-9-23-13-15)18(20(27)21(25)28)17(26)12-14(2)3/h5-6,9,13-14,16,19,27H,4,7-8,10-12H2,1-3H3. The summed E-state index contributed by atoms with van der Waals surface area (Å²) in [4.78, 5) is 45.4. The number of ether oxygens (including phenoxy) is 1. The Morgan fingerprint density at radius 2 is 2.00 bits per heavy atom. The van der Waals surface area contributed by atoms with Crippen LogP contribution in [0.2, 0.25) is 0 Å². The number of rotatable bonds is 6. The Kier molecular flexibility index (Phi) is 6.74. The van der Waals surface area contributed by atoms with E-state index in [1.54, 1.807) is 35.2 Å². The van der Waals surface area contributed by atoms with E-state index < -0.39 is 17.7 Å². The van der Waals surface area contributed by atoms with Crippen molar-refractivity contribution in [2.24, 2.45) is 5.92 Å². The summed E-state index contributed by atoms with van der Waals surface area (Å²) in [7, 11) is 0. The number of pyridine rings is 1. The van der Waals surface area contributed by atoms with Gasteiger partial charge in [-0.05, 0) is 37.3 Å². The van der Waals surface area contributed by atoms with Crippen LogP contribution in [-0.4, -0.2) is 63.4 Å². The minimum absolute atomic E-state index is 0.101. The molecule has 0 bridgehead atoms. The highest BCUT2D eigenvalue weighted by molar-refractivity contribution is 6.09. The quantitative estimate of drug-likeness (QED) is 0.767. The van der Waals surface area contributed by atoms with Crippen LogP contribution in [-0.2, 0) is 14.3 Å². The Morgan fingerprint density at radius 3 is 2.57 bits per heavy atom. The molecule has 1 N–H and O–H groups in total. The molecule has 2 aliphatic heterocycles. The fourth-order valence-electron chi connectivity index (χ4n) is 4.17. The number of Topliss-reactive ketones (excluding diaryl/α,β-unsaturated/α-hetero) is 1. The summed E-state index contributed by atoms with van der Waals surface area (Å²) in [5, 5.41) is 10.6. The monoisotopic (exact) mass is 415 g/mol. The number of hydrogen-bond donors (Lipinski definition) is 1. The number of hydrogen-bond acceptors (Lipinski definition) is 6. The molecule has 3 rings (SSSR count). The topological polar surface area (TPSA) is 100 Å². The van der Waals surface area contributed by atoms with Gasteiger partial charge in [-0.1, -0.05) is 19.9 Å². The molecule has 0 saturated carbocycles. The fourth-order valence-corrected chi connectivity index (χ4v) is 4.17. The fraction of sp³-hybridized carbons (Fsp3) is 0.545. The lowest BCUT2D eigenvalue weighted by Crippen LogP contribution is -2.48. The first-order valence-electron chi connectivity index (χ1n) is 10.5. The molecular formula is C22H29N3O5. The first kappa shape index (κ1) is 21.8. The van der Waals surface area contributed by atoms with Gasteiger partial charge in [0.25, 0.3) is 5.91 Å². The first-order chi connectivity index (χ1) is 14.3. The molecule has 2 amide bonds. The maximum atomic E-state index is 13.0. The maximum absolute atomic E-state index is 13.0. The highest BCUT2D eigenvalue weighted by Gasteiger charge is 2.47. The van der Waals surface area contributed by atoms with Crippen LogP contribution < -0.4 is 0 Å². The molecule has 3 heterocycles. The molecule has 1 aromatic rings. The largest absolute Gasteiger partial charge is 0.503 e. The van der Waals surface area contributed by atoms with Gasteiger partial charge in [-0.15, -0.1) is 0 Å². The zero-order valence-corrected chi connectivity index (χ0v) is 17.7. The van der Waals surface area contributed by atoms with Crippen molar-refractivity contribution in [3.8, 4) is 0 Å². The van der Waals surface area contributed by atoms with Gasteiger partial charge < -0.3 is 19.6 Å². The van der Waals surface area contributed by atoms with E-state index in [2.05, 4.69) is 4.98 Å². The lowest BCUT2D eigenvalue weighted by Gasteiger charge is -2.39. The number of carbonyl (C=O) groups excluding carboxylic acids is 3. The Bertz CT molecular complexity index is 828. The minimum Gasteiger partial charge on any atom is -0.503 e. The van der Waals surface area contributed by atoms with Crippen LogP contribution in [0.3, 0.4) is 0 Å². The summed E-state index contributed by atoms with van der Waals surface area (Å²) in [5.41, 5.74) is 0.837. The summed E-state index contributed by atoms with van der Waals surface area (Å²) in [6.45, 7) is 6.82. The van der Waals surface area contributed by atoms with Gasteiger partial charge >= 0.3 is 6.09 Å². The SMILES string of the molecule is CCOC(=O)N1CCC(N2C(=O)C(O)=C(C(=O)CC(C)C)C2c2cccnc2)CC1. The number of nitrogens with zero attached hydrogens (tertiary/aromatic N) is 3. The maximum Gasteiger partial charge on any atom is 0.409 e. The third-order valence-corrected chi connectivity index (χ3v) is 5.52. The highest BCUT2D eigenvalue weighted by atomic mass is 16.6. The Labute approximate surface area is 176 Å². The third kappa shape index (κ3) is 4.32. The van der Waals surface area contributed by atoms with Gasteiger partial charge in [0.05, 0.1) is 18.2 Å². The molecule has 1 atom stereocenters. The van der Waals surface area contributed by atoms with Gasteiger partial charge in [-0.3, -0.25) is 14.6 Å². The second-order valence-corrected chi connectivity index (χ2v) is 8.10. The van der Waals surface area contributed by atoms with E-state index in [0.717, 1.165) is 0 Å². The normalized spacial score (nSPS) is 20.3. The first-order valence-corrected chi connectivity index (χ1v) is 10.5. The molecule has 0 radical (unpaired) electrons. The molecule has 1 unspecified atom stereocenters. The van der Waals surface area contributed by atoms with Gasteiger partial charge in [0.15, 0.2) is 11.5 Å². The van der Waals surface area contributed by atoms with E-state index >= 15 is 0 Å². The average Bonchev–Trinajstić information content (AvgIpc) is 2.99. The second-order valence-electron chi connectivity index (χ2n) is 8.10. The van der Waals surface area contributed by atoms with Crippen molar-refractivity contribution < 1.29 is 24.2 Å². The van der Waals surface area contributed by atoms with E-state index in [-0.39, 0.29) is 35.8 Å². The smallest absolute Gasteiger partial charge is 0.409 e. The van der Waals surface area contributed by atoms with Crippen LogP contribution in [0.4, 0.5) is 4.79 Å².